The highest BCUT2D eigenvalue weighted by Crippen LogP contribution is 2.25. The van der Waals surface area contributed by atoms with E-state index in [1.807, 2.05) is 45.9 Å². The second-order valence-electron chi connectivity index (χ2n) is 5.41. The van der Waals surface area contributed by atoms with Gasteiger partial charge in [-0.05, 0) is 45.7 Å². The van der Waals surface area contributed by atoms with E-state index in [9.17, 15) is 9.59 Å². The van der Waals surface area contributed by atoms with Gasteiger partial charge in [-0.25, -0.2) is 4.79 Å². The molecule has 0 heterocycles. The second-order valence-corrected chi connectivity index (χ2v) is 5.41. The summed E-state index contributed by atoms with van der Waals surface area (Å²) in [6.07, 6.45) is -0.119. The van der Waals surface area contributed by atoms with Crippen LogP contribution in [0.1, 0.15) is 38.3 Å². The van der Waals surface area contributed by atoms with Crippen LogP contribution in [0.4, 0.5) is 10.5 Å². The zero-order valence-corrected chi connectivity index (χ0v) is 14.9. The lowest BCUT2D eigenvalue weighted by atomic mass is 10.1. The number of aryl methyl sites for hydroxylation is 2. The highest BCUT2D eigenvalue weighted by atomic mass is 16.6. The third-order valence-electron chi connectivity index (χ3n) is 3.86. The summed E-state index contributed by atoms with van der Waals surface area (Å²) < 4.78 is 5.18. The third-order valence-corrected chi connectivity index (χ3v) is 3.86. The quantitative estimate of drug-likeness (QED) is 0.772. The Balaban J connectivity index is 2.99. The van der Waals surface area contributed by atoms with Crippen molar-refractivity contribution in [3.63, 3.8) is 0 Å². The molecule has 0 fully saturated rings. The van der Waals surface area contributed by atoms with Gasteiger partial charge in [-0.3, -0.25) is 9.69 Å². The Labute approximate surface area is 139 Å². The van der Waals surface area contributed by atoms with Crippen LogP contribution in [0.3, 0.4) is 0 Å². The molecule has 0 bridgehead atoms. The van der Waals surface area contributed by atoms with E-state index in [0.717, 1.165) is 16.8 Å². The fourth-order valence-electron chi connectivity index (χ4n) is 2.67. The lowest BCUT2D eigenvalue weighted by Gasteiger charge is -2.26. The van der Waals surface area contributed by atoms with E-state index in [1.54, 1.807) is 16.7 Å². The molecule has 2 amide bonds. The van der Waals surface area contributed by atoms with E-state index >= 15 is 0 Å². The molecular formula is C18H28N2O3. The van der Waals surface area contributed by atoms with Crippen LogP contribution in [0.15, 0.2) is 18.2 Å². The first kappa shape index (κ1) is 19.0. The molecule has 5 heteroatoms. The standard InChI is InChI=1S/C18H28N2O3/c1-6-19(7-2)16(21)12-13-20(18(22)23-8-3)17-14(4)10-9-11-15(17)5/h9-11H,6-8,12-13H2,1-5H3. The Morgan fingerprint density at radius 3 is 2.09 bits per heavy atom. The van der Waals surface area contributed by atoms with Gasteiger partial charge in [0.15, 0.2) is 0 Å². The zero-order valence-electron chi connectivity index (χ0n) is 14.9. The number of amides is 2. The molecule has 0 aliphatic rings. The maximum Gasteiger partial charge on any atom is 0.414 e. The molecule has 0 saturated heterocycles. The van der Waals surface area contributed by atoms with Crippen molar-refractivity contribution >= 4 is 17.7 Å². The summed E-state index contributed by atoms with van der Waals surface area (Å²) in [4.78, 5) is 27.9. The Morgan fingerprint density at radius 2 is 1.61 bits per heavy atom. The van der Waals surface area contributed by atoms with Crippen LogP contribution in [0.25, 0.3) is 0 Å². The van der Waals surface area contributed by atoms with E-state index in [4.69, 9.17) is 4.74 Å². The van der Waals surface area contributed by atoms with Crippen molar-refractivity contribution < 1.29 is 14.3 Å². The molecule has 0 atom stereocenters. The third kappa shape index (κ3) is 4.98. The molecule has 0 saturated carbocycles. The molecule has 0 aliphatic carbocycles. The van der Waals surface area contributed by atoms with Gasteiger partial charge in [-0.15, -0.1) is 0 Å². The largest absolute Gasteiger partial charge is 0.449 e. The van der Waals surface area contributed by atoms with Crippen LogP contribution in [0.5, 0.6) is 0 Å². The lowest BCUT2D eigenvalue weighted by molar-refractivity contribution is -0.130. The molecule has 23 heavy (non-hydrogen) atoms. The molecule has 0 aliphatic heterocycles. The average molecular weight is 320 g/mol. The molecular weight excluding hydrogens is 292 g/mol. The predicted octanol–water partition coefficient (Wildman–Crippen LogP) is 3.52. The first-order chi connectivity index (χ1) is 11.0. The topological polar surface area (TPSA) is 49.9 Å². The number of nitrogens with zero attached hydrogens (tertiary/aromatic N) is 2. The highest BCUT2D eigenvalue weighted by Gasteiger charge is 2.22. The van der Waals surface area contributed by atoms with Gasteiger partial charge in [0.05, 0.1) is 12.3 Å². The SMILES string of the molecule is CCOC(=O)N(CCC(=O)N(CC)CC)c1c(C)cccc1C. The Hall–Kier alpha value is -2.04. The van der Waals surface area contributed by atoms with Gasteiger partial charge in [0.1, 0.15) is 0 Å². The summed E-state index contributed by atoms with van der Waals surface area (Å²) in [5, 5.41) is 0. The molecule has 0 spiro atoms. The molecule has 0 unspecified atom stereocenters. The number of para-hydroxylation sites is 1. The van der Waals surface area contributed by atoms with Gasteiger partial charge < -0.3 is 9.64 Å². The predicted molar refractivity (Wildman–Crippen MR) is 92.8 cm³/mol. The molecule has 0 radical (unpaired) electrons. The second kappa shape index (κ2) is 9.18. The molecule has 1 aromatic rings. The fraction of sp³-hybridized carbons (Fsp3) is 0.556. The molecule has 0 N–H and O–H groups in total. The van der Waals surface area contributed by atoms with E-state index in [1.165, 1.54) is 0 Å². The van der Waals surface area contributed by atoms with E-state index in [2.05, 4.69) is 0 Å². The monoisotopic (exact) mass is 320 g/mol. The van der Waals surface area contributed by atoms with Crippen LogP contribution in [-0.2, 0) is 9.53 Å². The number of hydrogen-bond acceptors (Lipinski definition) is 3. The number of anilines is 1. The summed E-state index contributed by atoms with van der Waals surface area (Å²) in [5.74, 6) is 0.0514. The maximum atomic E-state index is 12.3. The lowest BCUT2D eigenvalue weighted by Crippen LogP contribution is -2.38. The number of hydrogen-bond donors (Lipinski definition) is 0. The summed E-state index contributed by atoms with van der Waals surface area (Å²) in [7, 11) is 0. The van der Waals surface area contributed by atoms with Crippen molar-refractivity contribution in [3.05, 3.63) is 29.3 Å². The van der Waals surface area contributed by atoms with Crippen LogP contribution in [0.2, 0.25) is 0 Å². The number of benzene rings is 1. The van der Waals surface area contributed by atoms with Gasteiger partial charge in [-0.2, -0.15) is 0 Å². The summed E-state index contributed by atoms with van der Waals surface area (Å²) in [5.41, 5.74) is 2.82. The summed E-state index contributed by atoms with van der Waals surface area (Å²) >= 11 is 0. The first-order valence-corrected chi connectivity index (χ1v) is 8.24. The fourth-order valence-corrected chi connectivity index (χ4v) is 2.67. The molecule has 1 rings (SSSR count). The number of ether oxygens (including phenoxy) is 1. The van der Waals surface area contributed by atoms with Gasteiger partial charge in [-0.1, -0.05) is 18.2 Å². The van der Waals surface area contributed by atoms with Crippen LogP contribution >= 0.6 is 0 Å². The van der Waals surface area contributed by atoms with Crippen molar-refractivity contribution in [3.8, 4) is 0 Å². The average Bonchev–Trinajstić information content (AvgIpc) is 2.51. The Bertz CT molecular complexity index is 519. The van der Waals surface area contributed by atoms with Crippen molar-refractivity contribution in [2.24, 2.45) is 0 Å². The smallest absolute Gasteiger partial charge is 0.414 e. The molecule has 128 valence electrons. The zero-order chi connectivity index (χ0) is 17.4. The van der Waals surface area contributed by atoms with Crippen molar-refractivity contribution in [2.75, 3.05) is 31.1 Å². The summed E-state index contributed by atoms with van der Waals surface area (Å²) in [6, 6.07) is 5.88. The molecule has 1 aromatic carbocycles. The Morgan fingerprint density at radius 1 is 1.04 bits per heavy atom. The number of rotatable bonds is 7. The molecule has 5 nitrogen and oxygen atoms in total. The van der Waals surface area contributed by atoms with Gasteiger partial charge in [0.2, 0.25) is 5.91 Å². The maximum absolute atomic E-state index is 12.3. The minimum atomic E-state index is -0.405. The van der Waals surface area contributed by atoms with Crippen molar-refractivity contribution in [2.45, 2.75) is 41.0 Å². The Kier molecular flexibility index (Phi) is 7.59. The first-order valence-electron chi connectivity index (χ1n) is 8.24. The van der Waals surface area contributed by atoms with Gasteiger partial charge in [0.25, 0.3) is 0 Å². The van der Waals surface area contributed by atoms with E-state index in [-0.39, 0.29) is 12.3 Å². The number of carbonyl (C=O) groups is 2. The summed E-state index contributed by atoms with van der Waals surface area (Å²) in [6.45, 7) is 11.6. The highest BCUT2D eigenvalue weighted by molar-refractivity contribution is 5.90. The number of carbonyl (C=O) groups excluding carboxylic acids is 2. The van der Waals surface area contributed by atoms with Gasteiger partial charge in [0, 0.05) is 26.1 Å². The minimum absolute atomic E-state index is 0.0514. The van der Waals surface area contributed by atoms with Crippen LogP contribution in [-0.4, -0.2) is 43.1 Å². The van der Waals surface area contributed by atoms with Gasteiger partial charge >= 0.3 is 6.09 Å². The van der Waals surface area contributed by atoms with E-state index in [0.29, 0.717) is 26.2 Å². The van der Waals surface area contributed by atoms with Crippen molar-refractivity contribution in [1.82, 2.24) is 4.90 Å². The normalized spacial score (nSPS) is 10.3. The minimum Gasteiger partial charge on any atom is -0.449 e. The van der Waals surface area contributed by atoms with Crippen LogP contribution in [0, 0.1) is 13.8 Å². The van der Waals surface area contributed by atoms with Crippen LogP contribution < -0.4 is 4.90 Å². The van der Waals surface area contributed by atoms with E-state index < -0.39 is 6.09 Å². The van der Waals surface area contributed by atoms with Crippen molar-refractivity contribution in [1.29, 1.82) is 0 Å². The molecule has 0 aromatic heterocycles.